The number of hydrogen-bond donors (Lipinski definition) is 1. The van der Waals surface area contributed by atoms with Crippen LogP contribution >= 0.6 is 0 Å². The third-order valence-corrected chi connectivity index (χ3v) is 2.88. The summed E-state index contributed by atoms with van der Waals surface area (Å²) in [6.07, 6.45) is 1.00. The van der Waals surface area contributed by atoms with Crippen molar-refractivity contribution in [1.29, 1.82) is 0 Å². The molecule has 1 rings (SSSR count). The highest BCUT2D eigenvalue weighted by atomic mass is 32.2. The largest absolute Gasteiger partial charge is 0.300 e. The molecule has 0 fully saturated rings. The van der Waals surface area contributed by atoms with Gasteiger partial charge in [-0.25, -0.2) is 18.7 Å². The van der Waals surface area contributed by atoms with Crippen LogP contribution in [-0.2, 0) is 21.3 Å². The topological polar surface area (TPSA) is 69.4 Å². The Morgan fingerprint density at radius 1 is 1.50 bits per heavy atom. The zero-order valence-electron chi connectivity index (χ0n) is 7.53. The molecule has 0 saturated carbocycles. The third kappa shape index (κ3) is 2.28. The lowest BCUT2D eigenvalue weighted by molar-refractivity contribution is 0.119. The standard InChI is InChI=1S/C8H10FNO3S/c1-14(11,12)8-4-2-3-7(9)6(8)5-13-10/h2-4H,5,10H2,1H3. The molecule has 0 heterocycles. The molecule has 0 amide bonds. The van der Waals surface area contributed by atoms with Crippen LogP contribution in [0.4, 0.5) is 4.39 Å². The van der Waals surface area contributed by atoms with Crippen molar-refractivity contribution in [2.24, 2.45) is 5.90 Å². The normalized spacial score (nSPS) is 11.6. The minimum atomic E-state index is -3.45. The lowest BCUT2D eigenvalue weighted by Crippen LogP contribution is -2.08. The van der Waals surface area contributed by atoms with Crippen molar-refractivity contribution < 1.29 is 17.6 Å². The fourth-order valence-corrected chi connectivity index (χ4v) is 2.04. The third-order valence-electron chi connectivity index (χ3n) is 1.70. The van der Waals surface area contributed by atoms with Crippen molar-refractivity contribution in [2.45, 2.75) is 11.5 Å². The summed E-state index contributed by atoms with van der Waals surface area (Å²) in [6.45, 7) is -0.269. The number of halogens is 1. The molecule has 78 valence electrons. The van der Waals surface area contributed by atoms with E-state index in [-0.39, 0.29) is 17.1 Å². The molecule has 0 radical (unpaired) electrons. The maximum Gasteiger partial charge on any atom is 0.175 e. The zero-order chi connectivity index (χ0) is 10.8. The fourth-order valence-electron chi connectivity index (χ4n) is 1.11. The molecule has 2 N–H and O–H groups in total. The molecule has 1 aromatic carbocycles. The molecule has 0 spiro atoms. The van der Waals surface area contributed by atoms with Gasteiger partial charge >= 0.3 is 0 Å². The van der Waals surface area contributed by atoms with Crippen LogP contribution in [0.25, 0.3) is 0 Å². The number of nitrogens with two attached hydrogens (primary N) is 1. The highest BCUT2D eigenvalue weighted by Gasteiger charge is 2.16. The summed E-state index contributed by atoms with van der Waals surface area (Å²) in [5.41, 5.74) is -0.0440. The van der Waals surface area contributed by atoms with Gasteiger partial charge < -0.3 is 0 Å². The van der Waals surface area contributed by atoms with Gasteiger partial charge in [-0.1, -0.05) is 6.07 Å². The summed E-state index contributed by atoms with van der Waals surface area (Å²) < 4.78 is 35.6. The molecule has 0 aliphatic heterocycles. The van der Waals surface area contributed by atoms with Crippen molar-refractivity contribution in [3.63, 3.8) is 0 Å². The molecular formula is C8H10FNO3S. The van der Waals surface area contributed by atoms with E-state index in [0.717, 1.165) is 12.3 Å². The van der Waals surface area contributed by atoms with Gasteiger partial charge in [0.1, 0.15) is 5.82 Å². The first kappa shape index (κ1) is 11.1. The van der Waals surface area contributed by atoms with Crippen molar-refractivity contribution in [1.82, 2.24) is 0 Å². The first-order valence-electron chi connectivity index (χ1n) is 3.76. The van der Waals surface area contributed by atoms with E-state index in [0.29, 0.717) is 0 Å². The van der Waals surface area contributed by atoms with E-state index in [2.05, 4.69) is 4.84 Å². The van der Waals surface area contributed by atoms with Gasteiger partial charge in [-0.05, 0) is 12.1 Å². The monoisotopic (exact) mass is 219 g/mol. The Kier molecular flexibility index (Phi) is 3.20. The van der Waals surface area contributed by atoms with Gasteiger partial charge in [-0.2, -0.15) is 0 Å². The number of sulfone groups is 1. The summed E-state index contributed by atoms with van der Waals surface area (Å²) in [7, 11) is -3.45. The average molecular weight is 219 g/mol. The predicted molar refractivity (Wildman–Crippen MR) is 48.5 cm³/mol. The summed E-state index contributed by atoms with van der Waals surface area (Å²) in [5.74, 6) is 4.14. The maximum atomic E-state index is 13.2. The highest BCUT2D eigenvalue weighted by Crippen LogP contribution is 2.19. The van der Waals surface area contributed by atoms with E-state index in [1.165, 1.54) is 12.1 Å². The Bertz CT molecular complexity index is 430. The van der Waals surface area contributed by atoms with Crippen molar-refractivity contribution >= 4 is 9.84 Å². The van der Waals surface area contributed by atoms with E-state index in [1.807, 2.05) is 0 Å². The van der Waals surface area contributed by atoms with Crippen LogP contribution in [0.2, 0.25) is 0 Å². The molecule has 0 aliphatic rings. The minimum absolute atomic E-state index is 0.0440. The first-order valence-corrected chi connectivity index (χ1v) is 5.65. The summed E-state index contributed by atoms with van der Waals surface area (Å²) >= 11 is 0. The molecule has 0 bridgehead atoms. The lowest BCUT2D eigenvalue weighted by Gasteiger charge is -2.07. The second-order valence-electron chi connectivity index (χ2n) is 2.80. The zero-order valence-corrected chi connectivity index (χ0v) is 8.34. The molecule has 0 saturated heterocycles. The van der Waals surface area contributed by atoms with E-state index < -0.39 is 15.7 Å². The van der Waals surface area contributed by atoms with Crippen LogP contribution in [0.5, 0.6) is 0 Å². The van der Waals surface area contributed by atoms with Crippen molar-refractivity contribution in [3.05, 3.63) is 29.6 Å². The van der Waals surface area contributed by atoms with Crippen LogP contribution in [0.1, 0.15) is 5.56 Å². The fraction of sp³-hybridized carbons (Fsp3) is 0.250. The number of hydrogen-bond acceptors (Lipinski definition) is 4. The van der Waals surface area contributed by atoms with Crippen molar-refractivity contribution in [3.8, 4) is 0 Å². The quantitative estimate of drug-likeness (QED) is 0.756. The Morgan fingerprint density at radius 2 is 2.14 bits per heavy atom. The van der Waals surface area contributed by atoms with Gasteiger partial charge in [-0.15, -0.1) is 0 Å². The van der Waals surface area contributed by atoms with E-state index in [1.54, 1.807) is 0 Å². The van der Waals surface area contributed by atoms with Crippen LogP contribution in [0, 0.1) is 5.82 Å². The summed E-state index contributed by atoms with van der Waals surface area (Å²) in [6, 6.07) is 3.79. The van der Waals surface area contributed by atoms with E-state index in [9.17, 15) is 12.8 Å². The second-order valence-corrected chi connectivity index (χ2v) is 4.78. The molecule has 0 atom stereocenters. The van der Waals surface area contributed by atoms with Gasteiger partial charge in [0.15, 0.2) is 9.84 Å². The number of benzene rings is 1. The van der Waals surface area contributed by atoms with Crippen LogP contribution in [-0.4, -0.2) is 14.7 Å². The van der Waals surface area contributed by atoms with Crippen molar-refractivity contribution in [2.75, 3.05) is 6.26 Å². The molecule has 0 unspecified atom stereocenters. The first-order chi connectivity index (χ1) is 6.46. The molecule has 4 nitrogen and oxygen atoms in total. The molecular weight excluding hydrogens is 209 g/mol. The van der Waals surface area contributed by atoms with Gasteiger partial charge in [0, 0.05) is 11.8 Å². The van der Waals surface area contributed by atoms with Gasteiger partial charge in [0.25, 0.3) is 0 Å². The minimum Gasteiger partial charge on any atom is -0.300 e. The van der Waals surface area contributed by atoms with E-state index >= 15 is 0 Å². The van der Waals surface area contributed by atoms with Gasteiger partial charge in [0.2, 0.25) is 0 Å². The van der Waals surface area contributed by atoms with Crippen LogP contribution in [0.3, 0.4) is 0 Å². The van der Waals surface area contributed by atoms with Crippen LogP contribution in [0.15, 0.2) is 23.1 Å². The van der Waals surface area contributed by atoms with Gasteiger partial charge in [-0.3, -0.25) is 4.84 Å². The van der Waals surface area contributed by atoms with Gasteiger partial charge in [0.05, 0.1) is 11.5 Å². The predicted octanol–water partition coefficient (Wildman–Crippen LogP) is 0.620. The second kappa shape index (κ2) is 4.04. The number of rotatable bonds is 3. The average Bonchev–Trinajstić information content (AvgIpc) is 2.07. The molecule has 0 aromatic heterocycles. The summed E-state index contributed by atoms with van der Waals surface area (Å²) in [5, 5.41) is 0. The molecule has 6 heteroatoms. The van der Waals surface area contributed by atoms with E-state index in [4.69, 9.17) is 5.90 Å². The Morgan fingerprint density at radius 3 is 2.64 bits per heavy atom. The SMILES string of the molecule is CS(=O)(=O)c1cccc(F)c1CON. The highest BCUT2D eigenvalue weighted by molar-refractivity contribution is 7.90. The smallest absolute Gasteiger partial charge is 0.175 e. The van der Waals surface area contributed by atoms with Crippen LogP contribution < -0.4 is 5.90 Å². The Balaban J connectivity index is 3.36. The molecule has 1 aromatic rings. The Hall–Kier alpha value is -0.980. The molecule has 14 heavy (non-hydrogen) atoms. The maximum absolute atomic E-state index is 13.2. The summed E-state index contributed by atoms with van der Waals surface area (Å²) in [4.78, 5) is 4.15. The lowest BCUT2D eigenvalue weighted by atomic mass is 10.2. The Labute approximate surface area is 81.4 Å². The molecule has 0 aliphatic carbocycles.